The topological polar surface area (TPSA) is 141 Å². The molecule has 10 heteroatoms. The smallest absolute Gasteiger partial charge is 0.329 e. The van der Waals surface area contributed by atoms with E-state index in [0.717, 1.165) is 0 Å². The molecule has 0 spiro atoms. The number of amides is 3. The highest BCUT2D eigenvalue weighted by Gasteiger charge is 2.13. The quantitative estimate of drug-likeness (QED) is 0.338. The third kappa shape index (κ3) is 6.54. The number of nitrogens with two attached hydrogens (primary N) is 1. The summed E-state index contributed by atoms with van der Waals surface area (Å²) in [4.78, 5) is 34.5. The Balaban J connectivity index is 1.92. The van der Waals surface area contributed by atoms with Crippen molar-refractivity contribution < 1.29 is 28.6 Å². The van der Waals surface area contributed by atoms with Crippen LogP contribution in [0.2, 0.25) is 0 Å². The molecule has 0 atom stereocenters. The molecular weight excluding hydrogens is 380 g/mol. The molecule has 0 radical (unpaired) electrons. The van der Waals surface area contributed by atoms with Crippen molar-refractivity contribution in [1.29, 1.82) is 0 Å². The molecule has 0 unspecified atom stereocenters. The zero-order valence-electron chi connectivity index (χ0n) is 15.8. The minimum atomic E-state index is -0.939. The van der Waals surface area contributed by atoms with Crippen molar-refractivity contribution >= 4 is 29.6 Å². The molecule has 0 bridgehead atoms. The summed E-state index contributed by atoms with van der Waals surface area (Å²) in [5, 5.41) is 6.17. The van der Waals surface area contributed by atoms with Crippen LogP contribution in [0.25, 0.3) is 0 Å². The van der Waals surface area contributed by atoms with Crippen LogP contribution in [0.15, 0.2) is 47.6 Å². The van der Waals surface area contributed by atoms with E-state index in [9.17, 15) is 14.4 Å². The van der Waals surface area contributed by atoms with E-state index in [1.165, 1.54) is 20.4 Å². The Kier molecular flexibility index (Phi) is 7.54. The van der Waals surface area contributed by atoms with Crippen LogP contribution in [0.4, 0.5) is 5.69 Å². The maximum absolute atomic E-state index is 11.9. The summed E-state index contributed by atoms with van der Waals surface area (Å²) in [7, 11) is 2.95. The lowest BCUT2D eigenvalue weighted by Crippen LogP contribution is -2.32. The second kappa shape index (κ2) is 10.3. The number of ether oxygens (including phenoxy) is 3. The fraction of sp³-hybridized carbons (Fsp3) is 0.158. The fourth-order valence-electron chi connectivity index (χ4n) is 2.11. The Hall–Kier alpha value is -4.08. The molecule has 0 heterocycles. The van der Waals surface area contributed by atoms with Crippen LogP contribution in [0, 0.1) is 0 Å². The SMILES string of the molecule is COc1ccc(NC(=O)C(=O)N/N=C/c2ccc(OCC(N)=O)c(OC)c2)cc1. The van der Waals surface area contributed by atoms with Gasteiger partial charge in [-0.1, -0.05) is 0 Å². The van der Waals surface area contributed by atoms with Gasteiger partial charge in [-0.05, 0) is 48.0 Å². The van der Waals surface area contributed by atoms with Gasteiger partial charge in [0.15, 0.2) is 18.1 Å². The fourth-order valence-corrected chi connectivity index (χ4v) is 2.11. The molecule has 2 rings (SSSR count). The van der Waals surface area contributed by atoms with Crippen molar-refractivity contribution in [3.8, 4) is 17.2 Å². The monoisotopic (exact) mass is 400 g/mol. The maximum Gasteiger partial charge on any atom is 0.329 e. The maximum atomic E-state index is 11.9. The Morgan fingerprint density at radius 1 is 1.00 bits per heavy atom. The number of primary amides is 1. The van der Waals surface area contributed by atoms with Gasteiger partial charge in [-0.15, -0.1) is 0 Å². The van der Waals surface area contributed by atoms with Crippen LogP contribution in [0.3, 0.4) is 0 Å². The van der Waals surface area contributed by atoms with Gasteiger partial charge in [0.05, 0.1) is 20.4 Å². The first-order valence-corrected chi connectivity index (χ1v) is 8.30. The molecule has 152 valence electrons. The van der Waals surface area contributed by atoms with Crippen molar-refractivity contribution in [2.24, 2.45) is 10.8 Å². The number of carbonyl (C=O) groups excluding carboxylic acids is 3. The van der Waals surface area contributed by atoms with E-state index in [4.69, 9.17) is 19.9 Å². The zero-order valence-corrected chi connectivity index (χ0v) is 15.8. The number of benzene rings is 2. The van der Waals surface area contributed by atoms with Gasteiger partial charge in [0.1, 0.15) is 5.75 Å². The molecule has 0 fully saturated rings. The lowest BCUT2D eigenvalue weighted by atomic mass is 10.2. The van der Waals surface area contributed by atoms with Crippen molar-refractivity contribution in [2.75, 3.05) is 26.1 Å². The van der Waals surface area contributed by atoms with E-state index in [2.05, 4.69) is 15.8 Å². The number of methoxy groups -OCH3 is 2. The first-order valence-electron chi connectivity index (χ1n) is 8.30. The summed E-state index contributed by atoms with van der Waals surface area (Å²) < 4.78 is 15.4. The van der Waals surface area contributed by atoms with Crippen LogP contribution < -0.4 is 30.7 Å². The molecule has 0 aliphatic heterocycles. The molecular formula is C19H20N4O6. The number of hydrogen-bond acceptors (Lipinski definition) is 7. The molecule has 0 aromatic heterocycles. The van der Waals surface area contributed by atoms with Gasteiger partial charge in [-0.25, -0.2) is 5.43 Å². The number of hydrazone groups is 1. The highest BCUT2D eigenvalue weighted by atomic mass is 16.5. The van der Waals surface area contributed by atoms with Crippen molar-refractivity contribution in [1.82, 2.24) is 5.43 Å². The normalized spacial score (nSPS) is 10.3. The second-order valence-electron chi connectivity index (χ2n) is 5.55. The van der Waals surface area contributed by atoms with Gasteiger partial charge < -0.3 is 25.3 Å². The Morgan fingerprint density at radius 3 is 2.34 bits per heavy atom. The lowest BCUT2D eigenvalue weighted by Gasteiger charge is -2.09. The van der Waals surface area contributed by atoms with Gasteiger partial charge in [-0.2, -0.15) is 5.10 Å². The Labute approximate surface area is 166 Å². The molecule has 10 nitrogen and oxygen atoms in total. The van der Waals surface area contributed by atoms with Gasteiger partial charge in [0.25, 0.3) is 5.91 Å². The summed E-state index contributed by atoms with van der Waals surface area (Å²) in [5.41, 5.74) is 8.16. The van der Waals surface area contributed by atoms with Gasteiger partial charge in [0, 0.05) is 5.69 Å². The van der Waals surface area contributed by atoms with Crippen LogP contribution in [-0.2, 0) is 14.4 Å². The summed E-state index contributed by atoms with van der Waals surface area (Å²) in [6, 6.07) is 11.2. The van der Waals surface area contributed by atoms with Crippen molar-refractivity contribution in [3.05, 3.63) is 48.0 Å². The molecule has 4 N–H and O–H groups in total. The van der Waals surface area contributed by atoms with E-state index < -0.39 is 17.7 Å². The summed E-state index contributed by atoms with van der Waals surface area (Å²) in [6.07, 6.45) is 1.32. The predicted octanol–water partition coefficient (Wildman–Crippen LogP) is 0.657. The molecule has 2 aromatic carbocycles. The highest BCUT2D eigenvalue weighted by Crippen LogP contribution is 2.27. The third-order valence-electron chi connectivity index (χ3n) is 3.49. The predicted molar refractivity (Wildman–Crippen MR) is 105 cm³/mol. The van der Waals surface area contributed by atoms with E-state index in [0.29, 0.717) is 28.5 Å². The van der Waals surface area contributed by atoms with E-state index in [-0.39, 0.29) is 6.61 Å². The Bertz CT molecular complexity index is 911. The lowest BCUT2D eigenvalue weighted by molar-refractivity contribution is -0.136. The van der Waals surface area contributed by atoms with Crippen LogP contribution >= 0.6 is 0 Å². The van der Waals surface area contributed by atoms with Gasteiger partial charge in [-0.3, -0.25) is 14.4 Å². The minimum Gasteiger partial charge on any atom is -0.497 e. The third-order valence-corrected chi connectivity index (χ3v) is 3.49. The van der Waals surface area contributed by atoms with Crippen molar-refractivity contribution in [3.63, 3.8) is 0 Å². The van der Waals surface area contributed by atoms with E-state index in [1.54, 1.807) is 42.5 Å². The number of hydrogen-bond donors (Lipinski definition) is 3. The standard InChI is InChI=1S/C19H20N4O6/c1-27-14-6-4-13(5-7-14)22-18(25)19(26)23-21-10-12-3-8-15(16(9-12)28-2)29-11-17(20)24/h3-10H,11H2,1-2H3,(H2,20,24)(H,22,25)(H,23,26)/b21-10+. The van der Waals surface area contributed by atoms with Gasteiger partial charge >= 0.3 is 11.8 Å². The summed E-state index contributed by atoms with van der Waals surface area (Å²) >= 11 is 0. The number of nitrogens with zero attached hydrogens (tertiary/aromatic N) is 1. The molecule has 0 aliphatic carbocycles. The number of rotatable bonds is 8. The number of anilines is 1. The van der Waals surface area contributed by atoms with Gasteiger partial charge in [0.2, 0.25) is 0 Å². The minimum absolute atomic E-state index is 0.289. The van der Waals surface area contributed by atoms with E-state index >= 15 is 0 Å². The van der Waals surface area contributed by atoms with Crippen LogP contribution in [0.1, 0.15) is 5.56 Å². The molecule has 0 aliphatic rings. The Morgan fingerprint density at radius 2 is 1.72 bits per heavy atom. The first kappa shape index (κ1) is 21.2. The molecule has 29 heavy (non-hydrogen) atoms. The van der Waals surface area contributed by atoms with E-state index in [1.807, 2.05) is 0 Å². The zero-order chi connectivity index (χ0) is 21.2. The number of carbonyl (C=O) groups is 3. The number of nitrogens with one attached hydrogen (secondary N) is 2. The second-order valence-corrected chi connectivity index (χ2v) is 5.55. The largest absolute Gasteiger partial charge is 0.497 e. The molecule has 0 saturated heterocycles. The van der Waals surface area contributed by atoms with Crippen LogP contribution in [0.5, 0.6) is 17.2 Å². The first-order chi connectivity index (χ1) is 13.9. The van der Waals surface area contributed by atoms with Crippen molar-refractivity contribution in [2.45, 2.75) is 0 Å². The average molecular weight is 400 g/mol. The molecule has 3 amide bonds. The average Bonchev–Trinajstić information content (AvgIpc) is 2.72. The van der Waals surface area contributed by atoms with Crippen LogP contribution in [-0.4, -0.2) is 44.8 Å². The molecule has 2 aromatic rings. The summed E-state index contributed by atoms with van der Waals surface area (Å²) in [5.74, 6) is -1.14. The highest BCUT2D eigenvalue weighted by molar-refractivity contribution is 6.39. The molecule has 0 saturated carbocycles. The summed E-state index contributed by atoms with van der Waals surface area (Å²) in [6.45, 7) is -0.289.